The van der Waals surface area contributed by atoms with Gasteiger partial charge in [0.2, 0.25) is 5.13 Å². The van der Waals surface area contributed by atoms with Crippen molar-refractivity contribution in [3.05, 3.63) is 5.82 Å². The molecule has 0 radical (unpaired) electrons. The van der Waals surface area contributed by atoms with E-state index in [0.29, 0.717) is 11.8 Å². The largest absolute Gasteiger partial charge is 0.469 e. The summed E-state index contributed by atoms with van der Waals surface area (Å²) in [7, 11) is 1.47. The van der Waals surface area contributed by atoms with Crippen molar-refractivity contribution < 1.29 is 9.53 Å². The van der Waals surface area contributed by atoms with Gasteiger partial charge in [0.1, 0.15) is 5.82 Å². The Labute approximate surface area is 129 Å². The van der Waals surface area contributed by atoms with Crippen molar-refractivity contribution >= 4 is 22.6 Å². The highest BCUT2D eigenvalue weighted by Crippen LogP contribution is 2.41. The van der Waals surface area contributed by atoms with Gasteiger partial charge in [-0.1, -0.05) is 0 Å². The fourth-order valence-electron chi connectivity index (χ4n) is 3.03. The molecule has 0 N–H and O–H groups in total. The molecule has 1 aliphatic heterocycles. The number of carbonyl (C=O) groups excluding carboxylic acids is 1. The zero-order valence-corrected chi connectivity index (χ0v) is 13.8. The van der Waals surface area contributed by atoms with Gasteiger partial charge < -0.3 is 9.64 Å². The number of hydrogen-bond donors (Lipinski definition) is 0. The topological polar surface area (TPSA) is 55.3 Å². The van der Waals surface area contributed by atoms with E-state index in [1.54, 1.807) is 0 Å². The molecular weight excluding hydrogens is 286 g/mol. The number of rotatable bonds is 4. The molecule has 2 fully saturated rings. The smallest absolute Gasteiger partial charge is 0.311 e. The number of ether oxygens (including phenoxy) is 1. The van der Waals surface area contributed by atoms with Crippen molar-refractivity contribution in [1.29, 1.82) is 0 Å². The number of methoxy groups -OCH3 is 1. The van der Waals surface area contributed by atoms with Crippen molar-refractivity contribution in [2.75, 3.05) is 25.1 Å². The van der Waals surface area contributed by atoms with Crippen LogP contribution in [0.25, 0.3) is 0 Å². The van der Waals surface area contributed by atoms with Gasteiger partial charge in [-0.15, -0.1) is 0 Å². The molecule has 2 aliphatic rings. The Morgan fingerprint density at radius 3 is 2.81 bits per heavy atom. The van der Waals surface area contributed by atoms with Crippen molar-refractivity contribution in [2.24, 2.45) is 11.3 Å². The molecule has 2 heterocycles. The van der Waals surface area contributed by atoms with Gasteiger partial charge in [-0.3, -0.25) is 4.79 Å². The molecule has 1 saturated heterocycles. The zero-order valence-electron chi connectivity index (χ0n) is 13.0. The zero-order chi connectivity index (χ0) is 15.0. The van der Waals surface area contributed by atoms with E-state index in [2.05, 4.69) is 9.27 Å². The molecule has 0 bridgehead atoms. The molecule has 1 atom stereocenters. The van der Waals surface area contributed by atoms with Crippen LogP contribution in [-0.4, -0.2) is 35.5 Å². The van der Waals surface area contributed by atoms with Crippen molar-refractivity contribution in [3.8, 4) is 0 Å². The molecular formula is C15H23N3O2S. The van der Waals surface area contributed by atoms with E-state index >= 15 is 0 Å². The Morgan fingerprint density at radius 1 is 1.38 bits per heavy atom. The summed E-state index contributed by atoms with van der Waals surface area (Å²) >= 11 is 1.50. The highest BCUT2D eigenvalue weighted by molar-refractivity contribution is 7.09. The molecule has 1 aromatic heterocycles. The van der Waals surface area contributed by atoms with E-state index in [9.17, 15) is 4.79 Å². The summed E-state index contributed by atoms with van der Waals surface area (Å²) in [4.78, 5) is 19.0. The summed E-state index contributed by atoms with van der Waals surface area (Å²) in [6.45, 7) is 5.85. The number of nitrogens with zero attached hydrogens (tertiary/aromatic N) is 3. The standard InChI is InChI=1S/C15H23N3O2S/c1-15(2,13(19)20-3)11-5-4-8-18(9-11)14-16-12(17-21-14)10-6-7-10/h10-11H,4-9H2,1-3H3. The lowest BCUT2D eigenvalue weighted by molar-refractivity contribution is -0.154. The second-order valence-corrected chi connectivity index (χ2v) is 7.44. The summed E-state index contributed by atoms with van der Waals surface area (Å²) in [5.74, 6) is 1.80. The maximum absolute atomic E-state index is 12.0. The fourth-order valence-corrected chi connectivity index (χ4v) is 3.81. The number of anilines is 1. The molecule has 0 spiro atoms. The lowest BCUT2D eigenvalue weighted by Gasteiger charge is -2.39. The van der Waals surface area contributed by atoms with E-state index in [1.807, 2.05) is 13.8 Å². The Morgan fingerprint density at radius 2 is 2.14 bits per heavy atom. The van der Waals surface area contributed by atoms with Gasteiger partial charge in [0.05, 0.1) is 12.5 Å². The van der Waals surface area contributed by atoms with Crippen molar-refractivity contribution in [3.63, 3.8) is 0 Å². The maximum Gasteiger partial charge on any atom is 0.311 e. The molecule has 0 aromatic carbocycles. The summed E-state index contributed by atoms with van der Waals surface area (Å²) in [6, 6.07) is 0. The molecule has 1 saturated carbocycles. The van der Waals surface area contributed by atoms with E-state index in [0.717, 1.165) is 36.9 Å². The maximum atomic E-state index is 12.0. The highest BCUT2D eigenvalue weighted by atomic mass is 32.1. The number of carbonyl (C=O) groups is 1. The SMILES string of the molecule is COC(=O)C(C)(C)C1CCCN(c2nc(C3CC3)ns2)C1. The lowest BCUT2D eigenvalue weighted by atomic mass is 9.74. The van der Waals surface area contributed by atoms with Crippen LogP contribution in [0.3, 0.4) is 0 Å². The van der Waals surface area contributed by atoms with Crippen LogP contribution in [0, 0.1) is 11.3 Å². The summed E-state index contributed by atoms with van der Waals surface area (Å²) in [6.07, 6.45) is 4.61. The highest BCUT2D eigenvalue weighted by Gasteiger charge is 2.40. The first-order valence-electron chi connectivity index (χ1n) is 7.69. The third kappa shape index (κ3) is 2.91. The van der Waals surface area contributed by atoms with E-state index in [4.69, 9.17) is 9.72 Å². The van der Waals surface area contributed by atoms with Gasteiger partial charge >= 0.3 is 5.97 Å². The molecule has 5 nitrogen and oxygen atoms in total. The predicted molar refractivity (Wildman–Crippen MR) is 82.6 cm³/mol. The average Bonchev–Trinajstić information content (AvgIpc) is 3.23. The van der Waals surface area contributed by atoms with Crippen LogP contribution in [-0.2, 0) is 9.53 Å². The number of esters is 1. The second kappa shape index (κ2) is 5.55. The number of piperidine rings is 1. The molecule has 1 aliphatic carbocycles. The van der Waals surface area contributed by atoms with Gasteiger partial charge in [-0.25, -0.2) is 4.98 Å². The monoisotopic (exact) mass is 309 g/mol. The number of hydrogen-bond acceptors (Lipinski definition) is 6. The third-order valence-corrected chi connectivity index (χ3v) is 5.59. The summed E-state index contributed by atoms with van der Waals surface area (Å²) in [5.41, 5.74) is -0.447. The Kier molecular flexibility index (Phi) is 3.90. The molecule has 0 amide bonds. The average molecular weight is 309 g/mol. The second-order valence-electron chi connectivity index (χ2n) is 6.71. The van der Waals surface area contributed by atoms with Crippen LogP contribution in [0.5, 0.6) is 0 Å². The van der Waals surface area contributed by atoms with Gasteiger partial charge in [-0.05, 0) is 45.4 Å². The molecule has 3 rings (SSSR count). The van der Waals surface area contributed by atoms with Crippen LogP contribution in [0.1, 0.15) is 51.3 Å². The predicted octanol–water partition coefficient (Wildman–Crippen LogP) is 2.83. The van der Waals surface area contributed by atoms with Crippen LogP contribution in [0.2, 0.25) is 0 Å². The molecule has 1 unspecified atom stereocenters. The van der Waals surface area contributed by atoms with Crippen LogP contribution >= 0.6 is 11.5 Å². The lowest BCUT2D eigenvalue weighted by Crippen LogP contribution is -2.45. The van der Waals surface area contributed by atoms with Gasteiger partial charge in [0.15, 0.2) is 0 Å². The first-order valence-corrected chi connectivity index (χ1v) is 8.46. The van der Waals surface area contributed by atoms with Crippen LogP contribution < -0.4 is 4.90 Å². The minimum absolute atomic E-state index is 0.120. The summed E-state index contributed by atoms with van der Waals surface area (Å²) in [5, 5.41) is 1.02. The third-order valence-electron chi connectivity index (χ3n) is 4.80. The minimum atomic E-state index is -0.447. The minimum Gasteiger partial charge on any atom is -0.469 e. The van der Waals surface area contributed by atoms with E-state index in [1.165, 1.54) is 31.5 Å². The first kappa shape index (κ1) is 14.8. The van der Waals surface area contributed by atoms with Gasteiger partial charge in [0.25, 0.3) is 0 Å². The van der Waals surface area contributed by atoms with Crippen LogP contribution in [0.15, 0.2) is 0 Å². The summed E-state index contributed by atoms with van der Waals surface area (Å²) < 4.78 is 9.46. The molecule has 116 valence electrons. The van der Waals surface area contributed by atoms with Crippen molar-refractivity contribution in [1.82, 2.24) is 9.36 Å². The molecule has 1 aromatic rings. The van der Waals surface area contributed by atoms with Gasteiger partial charge in [-0.2, -0.15) is 4.37 Å². The quantitative estimate of drug-likeness (QED) is 0.801. The van der Waals surface area contributed by atoms with E-state index < -0.39 is 5.41 Å². The fraction of sp³-hybridized carbons (Fsp3) is 0.800. The van der Waals surface area contributed by atoms with Crippen LogP contribution in [0.4, 0.5) is 5.13 Å². The number of aromatic nitrogens is 2. The Hall–Kier alpha value is -1.17. The van der Waals surface area contributed by atoms with Gasteiger partial charge in [0, 0.05) is 30.5 Å². The Balaban J connectivity index is 1.71. The molecule has 21 heavy (non-hydrogen) atoms. The van der Waals surface area contributed by atoms with Crippen molar-refractivity contribution in [2.45, 2.75) is 45.4 Å². The normalized spacial score (nSPS) is 23.2. The van der Waals surface area contributed by atoms with E-state index in [-0.39, 0.29) is 5.97 Å². The first-order chi connectivity index (χ1) is 10.0. The molecule has 6 heteroatoms. The Bertz CT molecular complexity index is 525.